The van der Waals surface area contributed by atoms with Crippen molar-refractivity contribution in [1.29, 1.82) is 0 Å². The van der Waals surface area contributed by atoms with Crippen molar-refractivity contribution in [3.05, 3.63) is 36.8 Å². The highest BCUT2D eigenvalue weighted by molar-refractivity contribution is 14.1. The number of anilines is 2. The van der Waals surface area contributed by atoms with E-state index in [0.29, 0.717) is 0 Å². The predicted molar refractivity (Wildman–Crippen MR) is 77.3 cm³/mol. The van der Waals surface area contributed by atoms with Crippen molar-refractivity contribution in [2.75, 3.05) is 5.32 Å². The molecule has 1 N–H and O–H groups in total. The van der Waals surface area contributed by atoms with E-state index in [4.69, 9.17) is 11.6 Å². The van der Waals surface area contributed by atoms with Gasteiger partial charge in [0.2, 0.25) is 0 Å². The quantitative estimate of drug-likeness (QED) is 0.706. The summed E-state index contributed by atoms with van der Waals surface area (Å²) in [6.45, 7) is 0. The van der Waals surface area contributed by atoms with Gasteiger partial charge in [0.25, 0.3) is 0 Å². The minimum Gasteiger partial charge on any atom is -0.331 e. The topological polar surface area (TPSA) is 24.9 Å². The fraction of sp³-hybridized carbons (Fsp3) is 0. The first kappa shape index (κ1) is 11.6. The molecular formula is C9H5BrClIN2S. The molecule has 1 heterocycles. The summed E-state index contributed by atoms with van der Waals surface area (Å²) >= 11 is 13.0. The van der Waals surface area contributed by atoms with Crippen molar-refractivity contribution < 1.29 is 0 Å². The molecule has 2 nitrogen and oxygen atoms in total. The van der Waals surface area contributed by atoms with Crippen LogP contribution in [0.1, 0.15) is 0 Å². The molecule has 0 bridgehead atoms. The molecule has 0 saturated carbocycles. The van der Waals surface area contributed by atoms with Crippen LogP contribution in [0.5, 0.6) is 0 Å². The fourth-order valence-electron chi connectivity index (χ4n) is 1.02. The molecule has 0 saturated heterocycles. The van der Waals surface area contributed by atoms with E-state index in [9.17, 15) is 0 Å². The number of benzene rings is 1. The van der Waals surface area contributed by atoms with E-state index in [2.05, 4.69) is 48.8 Å². The summed E-state index contributed by atoms with van der Waals surface area (Å²) in [5.74, 6) is 0. The number of nitrogens with zero attached hydrogens (tertiary/aromatic N) is 1. The van der Waals surface area contributed by atoms with Crippen molar-refractivity contribution in [3.8, 4) is 0 Å². The minimum absolute atomic E-state index is 0.741. The summed E-state index contributed by atoms with van der Waals surface area (Å²) in [6.07, 6.45) is 0. The molecular weight excluding hydrogens is 410 g/mol. The van der Waals surface area contributed by atoms with E-state index in [0.717, 1.165) is 24.0 Å². The SMILES string of the molecule is Clc1ccc(Nc2nc(Br)cs2)c(I)c1. The van der Waals surface area contributed by atoms with Crippen molar-refractivity contribution >= 4 is 72.3 Å². The largest absolute Gasteiger partial charge is 0.331 e. The molecule has 0 aliphatic carbocycles. The van der Waals surface area contributed by atoms with Crippen molar-refractivity contribution in [2.24, 2.45) is 0 Å². The Labute approximate surface area is 118 Å². The van der Waals surface area contributed by atoms with Crippen LogP contribution < -0.4 is 5.32 Å². The molecule has 1 aromatic heterocycles. The van der Waals surface area contributed by atoms with Gasteiger partial charge in [-0.1, -0.05) is 11.6 Å². The standard InChI is InChI=1S/C9H5BrClIN2S/c10-8-4-15-9(14-8)13-7-2-1-5(11)3-6(7)12/h1-4H,(H,13,14). The monoisotopic (exact) mass is 414 g/mol. The molecule has 0 aliphatic rings. The maximum atomic E-state index is 5.87. The van der Waals surface area contributed by atoms with Crippen molar-refractivity contribution in [1.82, 2.24) is 4.98 Å². The molecule has 0 radical (unpaired) electrons. The third-order valence-electron chi connectivity index (χ3n) is 1.65. The summed E-state index contributed by atoms with van der Waals surface area (Å²) in [5, 5.41) is 6.77. The van der Waals surface area contributed by atoms with E-state index in [-0.39, 0.29) is 0 Å². The summed E-state index contributed by atoms with van der Waals surface area (Å²) in [6, 6.07) is 5.71. The number of hydrogen-bond donors (Lipinski definition) is 1. The molecule has 0 atom stereocenters. The van der Waals surface area contributed by atoms with Crippen LogP contribution in [0.25, 0.3) is 0 Å². The van der Waals surface area contributed by atoms with E-state index >= 15 is 0 Å². The fourth-order valence-corrected chi connectivity index (χ4v) is 3.18. The first-order valence-electron chi connectivity index (χ1n) is 3.98. The van der Waals surface area contributed by atoms with Gasteiger partial charge < -0.3 is 5.32 Å². The Kier molecular flexibility index (Phi) is 3.87. The molecule has 15 heavy (non-hydrogen) atoms. The Morgan fingerprint density at radius 2 is 2.27 bits per heavy atom. The molecule has 78 valence electrons. The molecule has 0 unspecified atom stereocenters. The predicted octanol–water partition coefficient (Wildman–Crippen LogP) is 4.91. The van der Waals surface area contributed by atoms with Crippen LogP contribution in [0.4, 0.5) is 10.8 Å². The highest BCUT2D eigenvalue weighted by Gasteiger charge is 2.03. The van der Waals surface area contributed by atoms with Crippen LogP contribution in [0.15, 0.2) is 28.2 Å². The molecule has 2 aromatic rings. The number of aromatic nitrogens is 1. The van der Waals surface area contributed by atoms with Crippen LogP contribution in [0, 0.1) is 3.57 Å². The number of hydrogen-bond acceptors (Lipinski definition) is 3. The molecule has 0 aliphatic heterocycles. The molecule has 0 spiro atoms. The van der Waals surface area contributed by atoms with Gasteiger partial charge in [0, 0.05) is 14.0 Å². The third-order valence-corrected chi connectivity index (χ3v) is 4.24. The summed E-state index contributed by atoms with van der Waals surface area (Å²) in [5.41, 5.74) is 1.02. The molecule has 6 heteroatoms. The first-order chi connectivity index (χ1) is 7.15. The lowest BCUT2D eigenvalue weighted by Gasteiger charge is -2.05. The van der Waals surface area contributed by atoms with E-state index in [1.165, 1.54) is 0 Å². The average molecular weight is 415 g/mol. The summed E-state index contributed by atoms with van der Waals surface area (Å²) < 4.78 is 1.92. The summed E-state index contributed by atoms with van der Waals surface area (Å²) in [7, 11) is 0. The lowest BCUT2D eigenvalue weighted by Crippen LogP contribution is -1.91. The zero-order valence-corrected chi connectivity index (χ0v) is 12.6. The van der Waals surface area contributed by atoms with Gasteiger partial charge in [-0.25, -0.2) is 4.98 Å². The molecule has 2 rings (SSSR count). The lowest BCUT2D eigenvalue weighted by molar-refractivity contribution is 1.34. The van der Waals surface area contributed by atoms with Gasteiger partial charge in [-0.15, -0.1) is 11.3 Å². The van der Waals surface area contributed by atoms with Gasteiger partial charge in [0.15, 0.2) is 5.13 Å². The normalized spacial score (nSPS) is 10.3. The van der Waals surface area contributed by atoms with Crippen LogP contribution in [0.2, 0.25) is 5.02 Å². The number of thiazole rings is 1. The number of halogens is 3. The average Bonchev–Trinajstić information content (AvgIpc) is 2.56. The van der Waals surface area contributed by atoms with E-state index in [1.54, 1.807) is 11.3 Å². The number of rotatable bonds is 2. The smallest absolute Gasteiger partial charge is 0.188 e. The Morgan fingerprint density at radius 1 is 1.47 bits per heavy atom. The second-order valence-corrected chi connectivity index (χ2v) is 5.99. The zero-order chi connectivity index (χ0) is 10.8. The lowest BCUT2D eigenvalue weighted by atomic mass is 10.3. The van der Waals surface area contributed by atoms with Crippen LogP contribution in [0.3, 0.4) is 0 Å². The van der Waals surface area contributed by atoms with Crippen molar-refractivity contribution in [2.45, 2.75) is 0 Å². The van der Waals surface area contributed by atoms with Gasteiger partial charge in [-0.3, -0.25) is 0 Å². The number of nitrogens with one attached hydrogen (secondary N) is 1. The first-order valence-corrected chi connectivity index (χ1v) is 7.11. The van der Waals surface area contributed by atoms with E-state index in [1.807, 2.05) is 23.6 Å². The van der Waals surface area contributed by atoms with Gasteiger partial charge in [0.05, 0.1) is 5.69 Å². The van der Waals surface area contributed by atoms with Gasteiger partial charge in [-0.2, -0.15) is 0 Å². The second-order valence-electron chi connectivity index (χ2n) is 2.72. The summed E-state index contributed by atoms with van der Waals surface area (Å²) in [4.78, 5) is 4.26. The Balaban J connectivity index is 2.24. The minimum atomic E-state index is 0.741. The molecule has 0 amide bonds. The Bertz CT molecular complexity index is 489. The van der Waals surface area contributed by atoms with Crippen LogP contribution >= 0.6 is 61.5 Å². The Morgan fingerprint density at radius 3 is 2.87 bits per heavy atom. The third kappa shape index (κ3) is 3.05. The zero-order valence-electron chi connectivity index (χ0n) is 7.30. The molecule has 1 aromatic carbocycles. The Hall–Kier alpha value is 0.150. The van der Waals surface area contributed by atoms with Gasteiger partial charge in [-0.05, 0) is 56.7 Å². The highest BCUT2D eigenvalue weighted by atomic mass is 127. The van der Waals surface area contributed by atoms with Gasteiger partial charge in [0.1, 0.15) is 4.60 Å². The van der Waals surface area contributed by atoms with Crippen LogP contribution in [-0.2, 0) is 0 Å². The maximum absolute atomic E-state index is 5.87. The highest BCUT2D eigenvalue weighted by Crippen LogP contribution is 2.28. The molecule has 0 fully saturated rings. The maximum Gasteiger partial charge on any atom is 0.188 e. The van der Waals surface area contributed by atoms with E-state index < -0.39 is 0 Å². The van der Waals surface area contributed by atoms with Crippen LogP contribution in [-0.4, -0.2) is 4.98 Å². The second kappa shape index (κ2) is 4.99. The van der Waals surface area contributed by atoms with Crippen molar-refractivity contribution in [3.63, 3.8) is 0 Å². The van der Waals surface area contributed by atoms with Gasteiger partial charge >= 0.3 is 0 Å².